The van der Waals surface area contributed by atoms with Gasteiger partial charge in [0, 0.05) is 23.8 Å². The van der Waals surface area contributed by atoms with Crippen molar-refractivity contribution in [2.45, 2.75) is 57.3 Å². The Morgan fingerprint density at radius 2 is 1.79 bits per heavy atom. The van der Waals surface area contributed by atoms with Crippen LogP contribution in [0.1, 0.15) is 55.0 Å². The molecule has 0 radical (unpaired) electrons. The van der Waals surface area contributed by atoms with Crippen LogP contribution in [-0.4, -0.2) is 33.7 Å². The average Bonchev–Trinajstić information content (AvgIpc) is 3.43. The Labute approximate surface area is 167 Å². The van der Waals surface area contributed by atoms with Gasteiger partial charge in [0.05, 0.1) is 0 Å². The van der Waals surface area contributed by atoms with Crippen LogP contribution in [0, 0.1) is 0 Å². The number of benzene rings is 1. The molecular formula is C21H25F3N4O. The first-order valence-corrected chi connectivity index (χ1v) is 10.1. The summed E-state index contributed by atoms with van der Waals surface area (Å²) < 4.78 is 40.1. The number of nitrogens with one attached hydrogen (secondary N) is 1. The van der Waals surface area contributed by atoms with Crippen LogP contribution < -0.4 is 5.32 Å². The van der Waals surface area contributed by atoms with Gasteiger partial charge in [-0.25, -0.2) is 0 Å². The molecule has 2 aromatic rings. The molecule has 2 heterocycles. The first-order valence-electron chi connectivity index (χ1n) is 10.1. The molecular weight excluding hydrogens is 381 g/mol. The minimum Gasteiger partial charge on any atom is -0.324 e. The summed E-state index contributed by atoms with van der Waals surface area (Å²) in [5, 5.41) is 6.39. The van der Waals surface area contributed by atoms with E-state index in [-0.39, 0.29) is 18.4 Å². The lowest BCUT2D eigenvalue weighted by atomic mass is 10.1. The normalized spacial score (nSPS) is 18.0. The number of likely N-dealkylation sites (tertiary alicyclic amines) is 1. The highest BCUT2D eigenvalue weighted by molar-refractivity contribution is 5.90. The van der Waals surface area contributed by atoms with E-state index >= 15 is 0 Å². The molecule has 5 nitrogen and oxygen atoms in total. The van der Waals surface area contributed by atoms with Crippen LogP contribution in [0.5, 0.6) is 0 Å². The van der Waals surface area contributed by atoms with Crippen molar-refractivity contribution in [1.82, 2.24) is 14.7 Å². The highest BCUT2D eigenvalue weighted by atomic mass is 19.4. The van der Waals surface area contributed by atoms with Gasteiger partial charge < -0.3 is 5.32 Å². The van der Waals surface area contributed by atoms with Crippen LogP contribution in [0.4, 0.5) is 18.9 Å². The number of carbonyl (C=O) groups excluding carboxylic acids is 1. The maximum Gasteiger partial charge on any atom is 0.435 e. The zero-order valence-corrected chi connectivity index (χ0v) is 16.2. The molecule has 1 saturated heterocycles. The van der Waals surface area contributed by atoms with Gasteiger partial charge in [-0.3, -0.25) is 14.4 Å². The largest absolute Gasteiger partial charge is 0.435 e. The van der Waals surface area contributed by atoms with Crippen LogP contribution in [0.25, 0.3) is 0 Å². The Balaban J connectivity index is 1.36. The molecule has 4 rings (SSSR count). The second kappa shape index (κ2) is 8.18. The van der Waals surface area contributed by atoms with Crippen molar-refractivity contribution in [3.8, 4) is 0 Å². The Morgan fingerprint density at radius 3 is 2.41 bits per heavy atom. The number of anilines is 1. The molecule has 2 fully saturated rings. The lowest BCUT2D eigenvalue weighted by Gasteiger charge is -2.26. The van der Waals surface area contributed by atoms with Crippen molar-refractivity contribution in [2.24, 2.45) is 0 Å². The summed E-state index contributed by atoms with van der Waals surface area (Å²) in [7, 11) is 0. The zero-order chi connectivity index (χ0) is 20.4. The second-order valence-electron chi connectivity index (χ2n) is 7.97. The fraction of sp³-hybridized carbons (Fsp3) is 0.524. The predicted molar refractivity (Wildman–Crippen MR) is 103 cm³/mol. The van der Waals surface area contributed by atoms with Gasteiger partial charge >= 0.3 is 6.18 Å². The van der Waals surface area contributed by atoms with Gasteiger partial charge in [-0.1, -0.05) is 18.6 Å². The first kappa shape index (κ1) is 19.9. The molecule has 1 aliphatic heterocycles. The molecule has 1 aromatic heterocycles. The molecule has 0 spiro atoms. The number of alkyl halides is 3. The Bertz CT molecular complexity index is 850. The maximum absolute atomic E-state index is 13.0. The highest BCUT2D eigenvalue weighted by Crippen LogP contribution is 2.42. The number of aromatic nitrogens is 2. The smallest absolute Gasteiger partial charge is 0.324 e. The summed E-state index contributed by atoms with van der Waals surface area (Å²) in [5.41, 5.74) is 1.37. The number of halogens is 3. The summed E-state index contributed by atoms with van der Waals surface area (Å²) in [6, 6.07) is 8.71. The molecule has 0 bridgehead atoms. The highest BCUT2D eigenvalue weighted by Gasteiger charge is 2.38. The van der Waals surface area contributed by atoms with Crippen LogP contribution in [0.15, 0.2) is 30.3 Å². The minimum atomic E-state index is -4.50. The maximum atomic E-state index is 13.0. The standard InChI is InChI=1S/C21H25F3N4O/c22-21(23,24)19-12-18(16-6-7-16)28(26-19)14-20(29)25-17-8-4-15(5-9-17)13-27-10-2-1-3-11-27/h4-5,8-9,12,16H,1-3,6-7,10-11,13-14H2,(H,25,29). The Morgan fingerprint density at radius 1 is 1.10 bits per heavy atom. The van der Waals surface area contributed by atoms with Gasteiger partial charge in [-0.15, -0.1) is 0 Å². The van der Waals surface area contributed by atoms with Gasteiger partial charge in [0.1, 0.15) is 6.54 Å². The molecule has 1 aliphatic carbocycles. The number of rotatable bonds is 6. The van der Waals surface area contributed by atoms with Gasteiger partial charge in [0.2, 0.25) is 5.91 Å². The Kier molecular flexibility index (Phi) is 5.63. The molecule has 156 valence electrons. The summed E-state index contributed by atoms with van der Waals surface area (Å²) >= 11 is 0. The monoisotopic (exact) mass is 406 g/mol. The van der Waals surface area contributed by atoms with E-state index in [9.17, 15) is 18.0 Å². The van der Waals surface area contributed by atoms with Gasteiger partial charge in [-0.2, -0.15) is 18.3 Å². The summed E-state index contributed by atoms with van der Waals surface area (Å²) in [4.78, 5) is 14.8. The van der Waals surface area contributed by atoms with Crippen LogP contribution in [-0.2, 0) is 24.1 Å². The number of hydrogen-bond donors (Lipinski definition) is 1. The third-order valence-electron chi connectivity index (χ3n) is 5.48. The number of nitrogens with zero attached hydrogens (tertiary/aromatic N) is 3. The molecule has 1 amide bonds. The van der Waals surface area contributed by atoms with Crippen molar-refractivity contribution in [2.75, 3.05) is 18.4 Å². The number of amides is 1. The van der Waals surface area contributed by atoms with E-state index in [1.54, 1.807) is 0 Å². The third-order valence-corrected chi connectivity index (χ3v) is 5.48. The Hall–Kier alpha value is -2.35. The molecule has 1 aromatic carbocycles. The number of carbonyl (C=O) groups is 1. The van der Waals surface area contributed by atoms with E-state index in [4.69, 9.17) is 0 Å². The van der Waals surface area contributed by atoms with Crippen molar-refractivity contribution < 1.29 is 18.0 Å². The van der Waals surface area contributed by atoms with Crippen LogP contribution in [0.3, 0.4) is 0 Å². The second-order valence-corrected chi connectivity index (χ2v) is 7.97. The van der Waals surface area contributed by atoms with E-state index in [1.807, 2.05) is 24.3 Å². The zero-order valence-electron chi connectivity index (χ0n) is 16.2. The predicted octanol–water partition coefficient (Wildman–Crippen LogP) is 4.40. The van der Waals surface area contributed by atoms with E-state index < -0.39 is 11.9 Å². The van der Waals surface area contributed by atoms with E-state index in [2.05, 4.69) is 15.3 Å². The van der Waals surface area contributed by atoms with Crippen molar-refractivity contribution in [3.05, 3.63) is 47.3 Å². The lowest BCUT2D eigenvalue weighted by Crippen LogP contribution is -2.29. The third kappa shape index (κ3) is 5.18. The fourth-order valence-electron chi connectivity index (χ4n) is 3.81. The molecule has 0 atom stereocenters. The molecule has 1 N–H and O–H groups in total. The van der Waals surface area contributed by atoms with Crippen LogP contribution >= 0.6 is 0 Å². The van der Waals surface area contributed by atoms with E-state index in [0.717, 1.165) is 38.5 Å². The molecule has 29 heavy (non-hydrogen) atoms. The fourth-order valence-corrected chi connectivity index (χ4v) is 3.81. The van der Waals surface area contributed by atoms with Crippen molar-refractivity contribution in [1.29, 1.82) is 0 Å². The van der Waals surface area contributed by atoms with Gasteiger partial charge in [0.25, 0.3) is 0 Å². The average molecular weight is 406 g/mol. The molecule has 2 aliphatic rings. The molecule has 1 saturated carbocycles. The quantitative estimate of drug-likeness (QED) is 0.774. The van der Waals surface area contributed by atoms with Crippen molar-refractivity contribution >= 4 is 11.6 Å². The van der Waals surface area contributed by atoms with Gasteiger partial charge in [0.15, 0.2) is 5.69 Å². The summed E-state index contributed by atoms with van der Waals surface area (Å²) in [6.45, 7) is 2.90. The molecule has 0 unspecified atom stereocenters. The van der Waals surface area contributed by atoms with E-state index in [1.165, 1.54) is 29.5 Å². The number of piperidine rings is 1. The SMILES string of the molecule is O=C(Cn1nc(C(F)(F)F)cc1C1CC1)Nc1ccc(CN2CCCCC2)cc1. The van der Waals surface area contributed by atoms with Crippen LogP contribution in [0.2, 0.25) is 0 Å². The lowest BCUT2D eigenvalue weighted by molar-refractivity contribution is -0.141. The summed E-state index contributed by atoms with van der Waals surface area (Å²) in [6.07, 6.45) is 0.938. The van der Waals surface area contributed by atoms with Gasteiger partial charge in [-0.05, 0) is 62.5 Å². The summed E-state index contributed by atoms with van der Waals surface area (Å²) in [5.74, 6) is -0.312. The molecule has 8 heteroatoms. The van der Waals surface area contributed by atoms with Crippen molar-refractivity contribution in [3.63, 3.8) is 0 Å². The topological polar surface area (TPSA) is 50.2 Å². The minimum absolute atomic E-state index is 0.0699. The number of hydrogen-bond acceptors (Lipinski definition) is 3. The van der Waals surface area contributed by atoms with E-state index in [0.29, 0.717) is 11.4 Å². The first-order chi connectivity index (χ1) is 13.9.